The highest BCUT2D eigenvalue weighted by atomic mass is 19.4. The van der Waals surface area contributed by atoms with E-state index in [2.05, 4.69) is 17.2 Å². The molecule has 0 saturated heterocycles. The van der Waals surface area contributed by atoms with Gasteiger partial charge in [-0.05, 0) is 24.3 Å². The van der Waals surface area contributed by atoms with Crippen molar-refractivity contribution in [1.82, 2.24) is 5.32 Å². The van der Waals surface area contributed by atoms with E-state index in [-0.39, 0.29) is 12.2 Å². The number of amides is 2. The molecule has 0 heterocycles. The second-order valence-corrected chi connectivity index (χ2v) is 3.89. The fraction of sp³-hybridized carbons (Fsp3) is 0.231. The smallest absolute Gasteiger partial charge is 0.352 e. The Hall–Kier alpha value is -2.31. The summed E-state index contributed by atoms with van der Waals surface area (Å²) in [5, 5.41) is 4.75. The Bertz CT molecular complexity index is 495. The van der Waals surface area contributed by atoms with Gasteiger partial charge in [-0.3, -0.25) is 9.59 Å². The molecule has 1 aromatic rings. The summed E-state index contributed by atoms with van der Waals surface area (Å²) in [7, 11) is 0. The maximum atomic E-state index is 12.3. The largest absolute Gasteiger partial charge is 0.416 e. The zero-order chi connectivity index (χ0) is 15.2. The summed E-state index contributed by atoms with van der Waals surface area (Å²) < 4.78 is 37.0. The van der Waals surface area contributed by atoms with Crippen LogP contribution in [0.15, 0.2) is 36.9 Å². The monoisotopic (exact) mass is 286 g/mol. The van der Waals surface area contributed by atoms with Gasteiger partial charge in [-0.15, -0.1) is 6.58 Å². The SMILES string of the molecule is C=CCNC(=O)CC(=O)Nc1ccc(C(F)(F)F)cc1. The van der Waals surface area contributed by atoms with Crippen LogP contribution < -0.4 is 10.6 Å². The van der Waals surface area contributed by atoms with Crippen LogP contribution in [0.1, 0.15) is 12.0 Å². The Kier molecular flexibility index (Phi) is 5.31. The molecule has 2 amide bonds. The van der Waals surface area contributed by atoms with E-state index >= 15 is 0 Å². The first-order valence-electron chi connectivity index (χ1n) is 5.67. The van der Waals surface area contributed by atoms with Gasteiger partial charge in [0.2, 0.25) is 11.8 Å². The van der Waals surface area contributed by atoms with Gasteiger partial charge in [-0.25, -0.2) is 0 Å². The molecule has 0 aliphatic heterocycles. The Morgan fingerprint density at radius 3 is 2.25 bits per heavy atom. The van der Waals surface area contributed by atoms with Crippen LogP contribution in [0.3, 0.4) is 0 Å². The number of carbonyl (C=O) groups excluding carboxylic acids is 2. The van der Waals surface area contributed by atoms with Crippen molar-refractivity contribution in [2.75, 3.05) is 11.9 Å². The molecular weight excluding hydrogens is 273 g/mol. The van der Waals surface area contributed by atoms with Crippen molar-refractivity contribution < 1.29 is 22.8 Å². The van der Waals surface area contributed by atoms with Crippen molar-refractivity contribution in [2.24, 2.45) is 0 Å². The number of halogens is 3. The van der Waals surface area contributed by atoms with Crippen LogP contribution in [-0.2, 0) is 15.8 Å². The highest BCUT2D eigenvalue weighted by Crippen LogP contribution is 2.29. The van der Waals surface area contributed by atoms with Crippen LogP contribution >= 0.6 is 0 Å². The number of alkyl halides is 3. The molecule has 0 bridgehead atoms. The van der Waals surface area contributed by atoms with E-state index in [0.717, 1.165) is 24.3 Å². The van der Waals surface area contributed by atoms with Crippen molar-refractivity contribution in [1.29, 1.82) is 0 Å². The van der Waals surface area contributed by atoms with Gasteiger partial charge in [-0.2, -0.15) is 13.2 Å². The molecule has 1 rings (SSSR count). The molecule has 0 atom stereocenters. The lowest BCUT2D eigenvalue weighted by Crippen LogP contribution is -2.28. The molecule has 20 heavy (non-hydrogen) atoms. The van der Waals surface area contributed by atoms with Crippen LogP contribution in [0.25, 0.3) is 0 Å². The molecule has 7 heteroatoms. The Balaban J connectivity index is 2.54. The molecule has 0 aliphatic rings. The highest BCUT2D eigenvalue weighted by Gasteiger charge is 2.29. The lowest BCUT2D eigenvalue weighted by Gasteiger charge is -2.08. The van der Waals surface area contributed by atoms with Crippen LogP contribution in [-0.4, -0.2) is 18.4 Å². The Morgan fingerprint density at radius 1 is 1.15 bits per heavy atom. The van der Waals surface area contributed by atoms with E-state index in [0.29, 0.717) is 0 Å². The van der Waals surface area contributed by atoms with E-state index in [9.17, 15) is 22.8 Å². The third-order valence-electron chi connectivity index (χ3n) is 2.26. The number of rotatable bonds is 5. The van der Waals surface area contributed by atoms with E-state index in [1.807, 2.05) is 0 Å². The molecule has 0 fully saturated rings. The van der Waals surface area contributed by atoms with Crippen LogP contribution in [0.2, 0.25) is 0 Å². The zero-order valence-electron chi connectivity index (χ0n) is 10.5. The average molecular weight is 286 g/mol. The number of hydrogen-bond donors (Lipinski definition) is 2. The molecule has 0 spiro atoms. The van der Waals surface area contributed by atoms with Crippen molar-refractivity contribution in [2.45, 2.75) is 12.6 Å². The quantitative estimate of drug-likeness (QED) is 0.644. The summed E-state index contributed by atoms with van der Waals surface area (Å²) in [5.41, 5.74) is -0.612. The van der Waals surface area contributed by atoms with Gasteiger partial charge in [0.1, 0.15) is 6.42 Å². The van der Waals surface area contributed by atoms with E-state index in [4.69, 9.17) is 0 Å². The first-order chi connectivity index (χ1) is 9.32. The van der Waals surface area contributed by atoms with Crippen molar-refractivity contribution in [3.8, 4) is 0 Å². The first kappa shape index (κ1) is 15.7. The summed E-state index contributed by atoms with van der Waals surface area (Å²) >= 11 is 0. The summed E-state index contributed by atoms with van der Waals surface area (Å²) in [4.78, 5) is 22.7. The summed E-state index contributed by atoms with van der Waals surface area (Å²) in [5.74, 6) is -1.10. The third-order valence-corrected chi connectivity index (χ3v) is 2.26. The minimum absolute atomic E-state index is 0.194. The summed E-state index contributed by atoms with van der Waals surface area (Å²) in [6.07, 6.45) is -3.37. The predicted octanol–water partition coefficient (Wildman–Crippen LogP) is 2.34. The Labute approximate surface area is 113 Å². The standard InChI is InChI=1S/C13H13F3N2O2/c1-2-7-17-11(19)8-12(20)18-10-5-3-9(4-6-10)13(14,15)16/h2-6H,1,7-8H2,(H,17,19)(H,18,20). The number of carbonyl (C=O) groups is 2. The first-order valence-corrected chi connectivity index (χ1v) is 5.67. The minimum atomic E-state index is -4.42. The van der Waals surface area contributed by atoms with Crippen LogP contribution in [0.5, 0.6) is 0 Å². The van der Waals surface area contributed by atoms with Gasteiger partial charge < -0.3 is 10.6 Å². The molecule has 4 nitrogen and oxygen atoms in total. The van der Waals surface area contributed by atoms with Gasteiger partial charge in [0.25, 0.3) is 0 Å². The number of benzene rings is 1. The second-order valence-electron chi connectivity index (χ2n) is 3.89. The van der Waals surface area contributed by atoms with Gasteiger partial charge >= 0.3 is 6.18 Å². The third kappa shape index (κ3) is 5.13. The summed E-state index contributed by atoms with van der Waals surface area (Å²) in [6, 6.07) is 3.96. The fourth-order valence-electron chi connectivity index (χ4n) is 1.34. The van der Waals surface area contributed by atoms with E-state index in [1.54, 1.807) is 0 Å². The maximum absolute atomic E-state index is 12.3. The average Bonchev–Trinajstić information content (AvgIpc) is 2.35. The highest BCUT2D eigenvalue weighted by molar-refractivity contribution is 6.03. The number of anilines is 1. The van der Waals surface area contributed by atoms with Gasteiger partial charge in [0, 0.05) is 12.2 Å². The minimum Gasteiger partial charge on any atom is -0.352 e. The number of hydrogen-bond acceptors (Lipinski definition) is 2. The van der Waals surface area contributed by atoms with E-state index in [1.165, 1.54) is 6.08 Å². The van der Waals surface area contributed by atoms with Crippen LogP contribution in [0.4, 0.5) is 18.9 Å². The van der Waals surface area contributed by atoms with Gasteiger partial charge in [-0.1, -0.05) is 6.08 Å². The fourth-order valence-corrected chi connectivity index (χ4v) is 1.34. The van der Waals surface area contributed by atoms with Crippen molar-refractivity contribution >= 4 is 17.5 Å². The van der Waals surface area contributed by atoms with Gasteiger partial charge in [0.15, 0.2) is 0 Å². The van der Waals surface area contributed by atoms with Crippen molar-refractivity contribution in [3.63, 3.8) is 0 Å². The van der Waals surface area contributed by atoms with Crippen LogP contribution in [0, 0.1) is 0 Å². The summed E-state index contributed by atoms with van der Waals surface area (Å²) in [6.45, 7) is 3.64. The topological polar surface area (TPSA) is 58.2 Å². The molecule has 2 N–H and O–H groups in total. The molecule has 0 saturated carbocycles. The molecule has 0 unspecified atom stereocenters. The molecule has 0 aromatic heterocycles. The Morgan fingerprint density at radius 2 is 1.75 bits per heavy atom. The molecular formula is C13H13F3N2O2. The van der Waals surface area contributed by atoms with Gasteiger partial charge in [0.05, 0.1) is 5.56 Å². The van der Waals surface area contributed by atoms with Crippen molar-refractivity contribution in [3.05, 3.63) is 42.5 Å². The molecule has 0 radical (unpaired) electrons. The number of nitrogens with one attached hydrogen (secondary N) is 2. The predicted molar refractivity (Wildman–Crippen MR) is 67.9 cm³/mol. The lowest BCUT2D eigenvalue weighted by atomic mass is 10.2. The maximum Gasteiger partial charge on any atom is 0.416 e. The zero-order valence-corrected chi connectivity index (χ0v) is 10.5. The normalized spacial score (nSPS) is 10.8. The lowest BCUT2D eigenvalue weighted by molar-refractivity contribution is -0.137. The molecule has 0 aliphatic carbocycles. The molecule has 108 valence electrons. The second kappa shape index (κ2) is 6.74. The molecule has 1 aromatic carbocycles. The van der Waals surface area contributed by atoms with E-state index < -0.39 is 30.0 Å².